The highest BCUT2D eigenvalue weighted by Crippen LogP contribution is 2.20. The quantitative estimate of drug-likeness (QED) is 0.878. The highest BCUT2D eigenvalue weighted by Gasteiger charge is 2.03. The number of hydrogen-bond acceptors (Lipinski definition) is 3. The van der Waals surface area contributed by atoms with E-state index in [-0.39, 0.29) is 0 Å². The fourth-order valence-corrected chi connectivity index (χ4v) is 1.50. The zero-order valence-electron chi connectivity index (χ0n) is 7.59. The van der Waals surface area contributed by atoms with E-state index < -0.39 is 0 Å². The summed E-state index contributed by atoms with van der Waals surface area (Å²) in [4.78, 5) is 4.14. The van der Waals surface area contributed by atoms with Gasteiger partial charge in [0.1, 0.15) is 0 Å². The lowest BCUT2D eigenvalue weighted by atomic mass is 10.1. The molecule has 0 saturated carbocycles. The molecule has 0 aliphatic carbocycles. The molecule has 0 unspecified atom stereocenters. The molecule has 0 atom stereocenters. The van der Waals surface area contributed by atoms with Gasteiger partial charge in [-0.3, -0.25) is 0 Å². The molecule has 2 N–H and O–H groups in total. The van der Waals surface area contributed by atoms with Crippen molar-refractivity contribution in [1.82, 2.24) is 4.98 Å². The van der Waals surface area contributed by atoms with Crippen LogP contribution in [0.4, 0.5) is 0 Å². The normalized spacial score (nSPS) is 10.1. The van der Waals surface area contributed by atoms with Gasteiger partial charge in [0.15, 0.2) is 0 Å². The van der Waals surface area contributed by atoms with Crippen LogP contribution in [0.25, 0.3) is 0 Å². The van der Waals surface area contributed by atoms with Crippen LogP contribution in [0.2, 0.25) is 0 Å². The van der Waals surface area contributed by atoms with E-state index in [1.165, 1.54) is 0 Å². The maximum Gasteiger partial charge on any atom is 0.216 e. The van der Waals surface area contributed by atoms with Crippen molar-refractivity contribution in [3.8, 4) is 5.88 Å². The van der Waals surface area contributed by atoms with Gasteiger partial charge < -0.3 is 10.5 Å². The summed E-state index contributed by atoms with van der Waals surface area (Å²) in [7, 11) is 1.63. The molecule has 0 bridgehead atoms. The largest absolute Gasteiger partial charge is 0.481 e. The van der Waals surface area contributed by atoms with Crippen LogP contribution in [0.5, 0.6) is 5.88 Å². The number of rotatable bonds is 4. The van der Waals surface area contributed by atoms with E-state index in [9.17, 15) is 0 Å². The molecular weight excluding hydrogens is 232 g/mol. The first-order chi connectivity index (χ1) is 6.27. The van der Waals surface area contributed by atoms with Crippen molar-refractivity contribution < 1.29 is 4.74 Å². The number of hydrogen-bond donors (Lipinski definition) is 1. The predicted octanol–water partition coefficient (Wildman–Crippen LogP) is 1.74. The second kappa shape index (κ2) is 5.19. The third-order valence-electron chi connectivity index (χ3n) is 1.74. The van der Waals surface area contributed by atoms with Crippen LogP contribution in [0.3, 0.4) is 0 Å². The number of methoxy groups -OCH3 is 1. The maximum atomic E-state index is 5.43. The Balaban J connectivity index is 2.81. The van der Waals surface area contributed by atoms with Crippen molar-refractivity contribution in [3.63, 3.8) is 0 Å². The molecule has 0 saturated heterocycles. The number of nitrogens with two attached hydrogens (primary N) is 1. The second-order valence-electron chi connectivity index (χ2n) is 2.71. The molecule has 0 aliphatic heterocycles. The summed E-state index contributed by atoms with van der Waals surface area (Å²) in [5, 5.41) is 0. The lowest BCUT2D eigenvalue weighted by molar-refractivity contribution is 0.392. The number of halogens is 1. The van der Waals surface area contributed by atoms with Gasteiger partial charge in [0.25, 0.3) is 0 Å². The Morgan fingerprint density at radius 3 is 3.00 bits per heavy atom. The number of aromatic nitrogens is 1. The molecule has 0 fully saturated rings. The van der Waals surface area contributed by atoms with Crippen molar-refractivity contribution in [3.05, 3.63) is 22.3 Å². The molecule has 72 valence electrons. The van der Waals surface area contributed by atoms with Gasteiger partial charge in [-0.25, -0.2) is 4.98 Å². The van der Waals surface area contributed by atoms with E-state index in [1.54, 1.807) is 13.3 Å². The lowest BCUT2D eigenvalue weighted by Gasteiger charge is -2.06. The van der Waals surface area contributed by atoms with Crippen molar-refractivity contribution >= 4 is 15.9 Å². The zero-order valence-corrected chi connectivity index (χ0v) is 9.17. The molecule has 3 nitrogen and oxygen atoms in total. The van der Waals surface area contributed by atoms with Gasteiger partial charge in [0.2, 0.25) is 5.88 Å². The van der Waals surface area contributed by atoms with Crippen LogP contribution in [-0.4, -0.2) is 18.6 Å². The highest BCUT2D eigenvalue weighted by molar-refractivity contribution is 9.10. The average molecular weight is 245 g/mol. The SMILES string of the molecule is COc1ncc(Br)cc1CCCN. The minimum atomic E-state index is 0.690. The van der Waals surface area contributed by atoms with Gasteiger partial charge in [-0.15, -0.1) is 0 Å². The van der Waals surface area contributed by atoms with Gasteiger partial charge in [-0.2, -0.15) is 0 Å². The van der Waals surface area contributed by atoms with E-state index in [4.69, 9.17) is 10.5 Å². The van der Waals surface area contributed by atoms with Crippen molar-refractivity contribution in [2.24, 2.45) is 5.73 Å². The predicted molar refractivity (Wildman–Crippen MR) is 55.9 cm³/mol. The Bertz CT molecular complexity index is 278. The van der Waals surface area contributed by atoms with Crippen LogP contribution in [0.1, 0.15) is 12.0 Å². The molecule has 1 heterocycles. The number of ether oxygens (including phenoxy) is 1. The van der Waals surface area contributed by atoms with Crippen molar-refractivity contribution in [1.29, 1.82) is 0 Å². The fourth-order valence-electron chi connectivity index (χ4n) is 1.12. The molecule has 0 spiro atoms. The van der Waals surface area contributed by atoms with E-state index in [0.717, 1.165) is 22.9 Å². The third kappa shape index (κ3) is 2.97. The van der Waals surface area contributed by atoms with Crippen LogP contribution < -0.4 is 10.5 Å². The summed E-state index contributed by atoms with van der Waals surface area (Å²) in [6, 6.07) is 2.02. The average Bonchev–Trinajstić information content (AvgIpc) is 2.15. The monoisotopic (exact) mass is 244 g/mol. The molecule has 1 aromatic rings. The Hall–Kier alpha value is -0.610. The molecule has 0 aromatic carbocycles. The molecular formula is C9H13BrN2O. The first kappa shape index (κ1) is 10.5. The Morgan fingerprint density at radius 1 is 1.62 bits per heavy atom. The Kier molecular flexibility index (Phi) is 4.18. The summed E-state index contributed by atoms with van der Waals surface area (Å²) in [6.45, 7) is 0.690. The summed E-state index contributed by atoms with van der Waals surface area (Å²) in [5.41, 5.74) is 6.53. The number of nitrogens with zero attached hydrogens (tertiary/aromatic N) is 1. The number of aryl methyl sites for hydroxylation is 1. The molecule has 4 heteroatoms. The van der Waals surface area contributed by atoms with Crippen LogP contribution in [0.15, 0.2) is 16.7 Å². The van der Waals surface area contributed by atoms with Crippen molar-refractivity contribution in [2.75, 3.05) is 13.7 Å². The van der Waals surface area contributed by atoms with Crippen LogP contribution in [-0.2, 0) is 6.42 Å². The molecule has 0 amide bonds. The molecule has 0 radical (unpaired) electrons. The Morgan fingerprint density at radius 2 is 2.38 bits per heavy atom. The first-order valence-electron chi connectivity index (χ1n) is 4.16. The topological polar surface area (TPSA) is 48.1 Å². The van der Waals surface area contributed by atoms with Gasteiger partial charge in [-0.05, 0) is 41.4 Å². The van der Waals surface area contributed by atoms with Gasteiger partial charge in [-0.1, -0.05) is 0 Å². The fraction of sp³-hybridized carbons (Fsp3) is 0.444. The Labute approximate surface area is 86.4 Å². The second-order valence-corrected chi connectivity index (χ2v) is 3.63. The smallest absolute Gasteiger partial charge is 0.216 e. The molecule has 13 heavy (non-hydrogen) atoms. The van der Waals surface area contributed by atoms with Crippen LogP contribution in [0, 0.1) is 0 Å². The molecule has 0 aliphatic rings. The van der Waals surface area contributed by atoms with E-state index in [1.807, 2.05) is 6.07 Å². The molecule has 1 rings (SSSR count). The maximum absolute atomic E-state index is 5.43. The van der Waals surface area contributed by atoms with E-state index in [2.05, 4.69) is 20.9 Å². The van der Waals surface area contributed by atoms with E-state index in [0.29, 0.717) is 12.4 Å². The van der Waals surface area contributed by atoms with E-state index >= 15 is 0 Å². The summed E-state index contributed by atoms with van der Waals surface area (Å²) in [6.07, 6.45) is 3.59. The zero-order chi connectivity index (χ0) is 9.68. The molecule has 1 aromatic heterocycles. The lowest BCUT2D eigenvalue weighted by Crippen LogP contribution is -2.02. The highest BCUT2D eigenvalue weighted by atomic mass is 79.9. The van der Waals surface area contributed by atoms with Gasteiger partial charge in [0, 0.05) is 16.2 Å². The summed E-state index contributed by atoms with van der Waals surface area (Å²) < 4.78 is 6.10. The first-order valence-corrected chi connectivity index (χ1v) is 4.95. The van der Waals surface area contributed by atoms with Gasteiger partial charge in [0.05, 0.1) is 7.11 Å². The van der Waals surface area contributed by atoms with Crippen molar-refractivity contribution in [2.45, 2.75) is 12.8 Å². The minimum absolute atomic E-state index is 0.690. The minimum Gasteiger partial charge on any atom is -0.481 e. The number of pyridine rings is 1. The standard InChI is InChI=1S/C9H13BrN2O/c1-13-9-7(3-2-4-11)5-8(10)6-12-9/h5-6H,2-4,11H2,1H3. The third-order valence-corrected chi connectivity index (χ3v) is 2.17. The summed E-state index contributed by atoms with van der Waals surface area (Å²) in [5.74, 6) is 0.691. The van der Waals surface area contributed by atoms with Gasteiger partial charge >= 0.3 is 0 Å². The van der Waals surface area contributed by atoms with Crippen LogP contribution >= 0.6 is 15.9 Å². The summed E-state index contributed by atoms with van der Waals surface area (Å²) >= 11 is 3.37.